The van der Waals surface area contributed by atoms with Crippen molar-refractivity contribution in [3.63, 3.8) is 0 Å². The zero-order chi connectivity index (χ0) is 32.5. The summed E-state index contributed by atoms with van der Waals surface area (Å²) in [5.41, 5.74) is 4.82. The van der Waals surface area contributed by atoms with Crippen LogP contribution >= 0.6 is 0 Å². The zero-order valence-corrected chi connectivity index (χ0v) is 26.7. The van der Waals surface area contributed by atoms with Crippen LogP contribution in [0.5, 0.6) is 0 Å². The fourth-order valence-corrected chi connectivity index (χ4v) is 5.54. The summed E-state index contributed by atoms with van der Waals surface area (Å²) in [5.74, 6) is -0.219. The molecule has 238 valence electrons. The molecular weight excluding hydrogens is 578 g/mol. The number of benzene rings is 2. The van der Waals surface area contributed by atoms with Crippen LogP contribution in [0.25, 0.3) is 10.8 Å². The van der Waals surface area contributed by atoms with Crippen molar-refractivity contribution in [3.8, 4) is 0 Å². The minimum atomic E-state index is -1.51. The monoisotopic (exact) mass is 619 g/mol. The molecule has 0 saturated carbocycles. The maximum absolute atomic E-state index is 14.3. The highest BCUT2D eigenvalue weighted by Crippen LogP contribution is 2.25. The van der Waals surface area contributed by atoms with E-state index in [1.807, 2.05) is 92.3 Å². The molecule has 0 aliphatic rings. The lowest BCUT2D eigenvalue weighted by Crippen LogP contribution is -2.70. The number of hydrogen-bond acceptors (Lipinski definition) is 8. The smallest absolute Gasteiger partial charge is 0.263 e. The Morgan fingerprint density at radius 1 is 0.913 bits per heavy atom. The van der Waals surface area contributed by atoms with Crippen LogP contribution in [0.1, 0.15) is 60.0 Å². The van der Waals surface area contributed by atoms with Gasteiger partial charge < -0.3 is 20.5 Å². The van der Waals surface area contributed by atoms with Crippen molar-refractivity contribution >= 4 is 28.5 Å². The molecule has 46 heavy (non-hydrogen) atoms. The molecule has 11 nitrogen and oxygen atoms in total. The largest absolute Gasteiger partial charge is 0.346 e. The fourth-order valence-electron chi connectivity index (χ4n) is 5.54. The van der Waals surface area contributed by atoms with Gasteiger partial charge in [-0.25, -0.2) is 4.98 Å². The van der Waals surface area contributed by atoms with Gasteiger partial charge in [0, 0.05) is 52.0 Å². The number of carbonyl (C=O) groups is 2. The average molecular weight is 620 g/mol. The molecule has 11 heteroatoms. The van der Waals surface area contributed by atoms with Gasteiger partial charge in [0.1, 0.15) is 0 Å². The number of fused-ring (bicyclic) bond motifs is 1. The number of nitrogens with one attached hydrogen (secondary N) is 4. The van der Waals surface area contributed by atoms with Gasteiger partial charge in [0.05, 0.1) is 23.0 Å². The van der Waals surface area contributed by atoms with E-state index in [0.29, 0.717) is 37.4 Å². The van der Waals surface area contributed by atoms with E-state index in [1.54, 1.807) is 36.6 Å². The Balaban J connectivity index is 1.37. The Kier molecular flexibility index (Phi) is 10.4. The van der Waals surface area contributed by atoms with Crippen LogP contribution < -0.4 is 26.4 Å². The lowest BCUT2D eigenvalue weighted by atomic mass is 9.97. The third kappa shape index (κ3) is 7.56. The molecule has 0 saturated heterocycles. The molecule has 0 spiro atoms. The summed E-state index contributed by atoms with van der Waals surface area (Å²) >= 11 is 0. The van der Waals surface area contributed by atoms with Crippen LogP contribution in [-0.4, -0.2) is 44.0 Å². The normalized spacial score (nSPS) is 13.1. The SMILES string of the molecule is CCC[C@](NC(=O)c1ccc(CNCc2ccccn2)nc1)(NN(C)c1nccn1C)C(=O)N[C@@H](C)c1cccc2ccccc12. The van der Waals surface area contributed by atoms with Crippen LogP contribution in [0, 0.1) is 0 Å². The molecular formula is C35H41N9O2. The molecule has 0 bridgehead atoms. The topological polar surface area (TPSA) is 129 Å². The Hall–Kier alpha value is -5.13. The predicted octanol–water partition coefficient (Wildman–Crippen LogP) is 4.40. The zero-order valence-electron chi connectivity index (χ0n) is 26.7. The van der Waals surface area contributed by atoms with Crippen molar-refractivity contribution in [2.75, 3.05) is 12.1 Å². The quantitative estimate of drug-likeness (QED) is 0.106. The number of pyridine rings is 2. The number of nitrogens with zero attached hydrogens (tertiary/aromatic N) is 5. The van der Waals surface area contributed by atoms with Crippen LogP contribution in [0.15, 0.2) is 97.6 Å². The van der Waals surface area contributed by atoms with E-state index in [-0.39, 0.29) is 11.9 Å². The van der Waals surface area contributed by atoms with Crippen molar-refractivity contribution in [2.24, 2.45) is 7.05 Å². The van der Waals surface area contributed by atoms with Gasteiger partial charge in [-0.05, 0) is 53.9 Å². The number of aryl methyl sites for hydroxylation is 1. The van der Waals surface area contributed by atoms with Crippen molar-refractivity contribution in [3.05, 3.63) is 120 Å². The van der Waals surface area contributed by atoms with Crippen LogP contribution in [0.3, 0.4) is 0 Å². The highest BCUT2D eigenvalue weighted by Gasteiger charge is 2.42. The summed E-state index contributed by atoms with van der Waals surface area (Å²) in [7, 11) is 3.64. The number of carbonyl (C=O) groups excluding carboxylic acids is 2. The molecule has 0 aliphatic carbocycles. The fraction of sp³-hybridized carbons (Fsp3) is 0.286. The second-order valence-electron chi connectivity index (χ2n) is 11.3. The standard InChI is InChI=1S/C35H41N9O2/c1-5-18-35(42-44(4)34-38-20-21-43(34)3,33(46)40-25(2)30-15-10-12-26-11-6-7-14-31(26)30)41-32(45)27-16-17-29(39-22-27)24-36-23-28-13-8-9-19-37-28/h6-17,19-22,25,36,42H,5,18,23-24H2,1-4H3,(H,40,46)(H,41,45)/t25-,35-/m0/s1. The van der Waals surface area contributed by atoms with Crippen LogP contribution in [-0.2, 0) is 24.9 Å². The molecule has 5 rings (SSSR count). The summed E-state index contributed by atoms with van der Waals surface area (Å²) in [4.78, 5) is 41.4. The van der Waals surface area contributed by atoms with Gasteiger partial charge in [-0.2, -0.15) is 5.43 Å². The van der Waals surface area contributed by atoms with Crippen LogP contribution in [0.2, 0.25) is 0 Å². The molecule has 4 N–H and O–H groups in total. The second kappa shape index (κ2) is 14.8. The minimum absolute atomic E-state index is 0.310. The lowest BCUT2D eigenvalue weighted by molar-refractivity contribution is -0.130. The van der Waals surface area contributed by atoms with Crippen molar-refractivity contribution in [2.45, 2.75) is 51.5 Å². The number of hydrogen-bond donors (Lipinski definition) is 4. The summed E-state index contributed by atoms with van der Waals surface area (Å²) in [6, 6.07) is 23.1. The third-order valence-electron chi connectivity index (χ3n) is 7.86. The van der Waals surface area contributed by atoms with Crippen molar-refractivity contribution in [1.29, 1.82) is 0 Å². The van der Waals surface area contributed by atoms with Gasteiger partial charge in [0.2, 0.25) is 5.95 Å². The Labute approximate surface area is 269 Å². The van der Waals surface area contributed by atoms with E-state index in [2.05, 4.69) is 36.3 Å². The first-order valence-corrected chi connectivity index (χ1v) is 15.4. The molecule has 2 aromatic carbocycles. The van der Waals surface area contributed by atoms with E-state index in [1.165, 1.54) is 6.20 Å². The first kappa shape index (κ1) is 32.3. The predicted molar refractivity (Wildman–Crippen MR) is 179 cm³/mol. The molecule has 0 fully saturated rings. The lowest BCUT2D eigenvalue weighted by Gasteiger charge is -2.38. The maximum atomic E-state index is 14.3. The van der Waals surface area contributed by atoms with E-state index in [0.717, 1.165) is 27.7 Å². The molecule has 0 aliphatic heterocycles. The molecule has 3 aromatic heterocycles. The Morgan fingerprint density at radius 2 is 1.67 bits per heavy atom. The number of rotatable bonds is 14. The minimum Gasteiger partial charge on any atom is -0.346 e. The van der Waals surface area contributed by atoms with Gasteiger partial charge in [0.25, 0.3) is 11.8 Å². The van der Waals surface area contributed by atoms with Crippen molar-refractivity contribution < 1.29 is 9.59 Å². The summed E-state index contributed by atoms with van der Waals surface area (Å²) in [5, 5.41) is 13.3. The van der Waals surface area contributed by atoms with Gasteiger partial charge in [0.15, 0.2) is 5.66 Å². The van der Waals surface area contributed by atoms with Gasteiger partial charge in [-0.15, -0.1) is 0 Å². The molecule has 2 amide bonds. The van der Waals surface area contributed by atoms with E-state index >= 15 is 0 Å². The molecule has 5 aromatic rings. The number of anilines is 1. The molecule has 2 atom stereocenters. The number of aromatic nitrogens is 4. The number of amides is 2. The van der Waals surface area contributed by atoms with E-state index in [9.17, 15) is 9.59 Å². The van der Waals surface area contributed by atoms with Gasteiger partial charge in [-0.3, -0.25) is 24.6 Å². The maximum Gasteiger partial charge on any atom is 0.263 e. The highest BCUT2D eigenvalue weighted by molar-refractivity contribution is 5.99. The van der Waals surface area contributed by atoms with Gasteiger partial charge in [-0.1, -0.05) is 61.9 Å². The third-order valence-corrected chi connectivity index (χ3v) is 7.86. The summed E-state index contributed by atoms with van der Waals surface area (Å²) in [6.45, 7) is 5.04. The Morgan fingerprint density at radius 3 is 2.37 bits per heavy atom. The Bertz CT molecular complexity index is 1750. The average Bonchev–Trinajstić information content (AvgIpc) is 3.51. The van der Waals surface area contributed by atoms with E-state index in [4.69, 9.17) is 0 Å². The highest BCUT2D eigenvalue weighted by atomic mass is 16.2. The second-order valence-corrected chi connectivity index (χ2v) is 11.3. The number of hydrazine groups is 1. The van der Waals surface area contributed by atoms with Crippen molar-refractivity contribution in [1.82, 2.24) is 40.9 Å². The number of imidazole rings is 1. The summed E-state index contributed by atoms with van der Waals surface area (Å²) < 4.78 is 1.83. The first-order valence-electron chi connectivity index (χ1n) is 15.4. The van der Waals surface area contributed by atoms with Crippen LogP contribution in [0.4, 0.5) is 5.95 Å². The van der Waals surface area contributed by atoms with E-state index < -0.39 is 11.6 Å². The molecule has 0 unspecified atom stereocenters. The molecule has 3 heterocycles. The molecule has 0 radical (unpaired) electrons. The first-order chi connectivity index (χ1) is 22.3. The summed E-state index contributed by atoms with van der Waals surface area (Å²) in [6.07, 6.45) is 7.70. The van der Waals surface area contributed by atoms with Gasteiger partial charge >= 0.3 is 0 Å².